The summed E-state index contributed by atoms with van der Waals surface area (Å²) in [4.78, 5) is 0. The second kappa shape index (κ2) is 21.9. The van der Waals surface area contributed by atoms with Crippen LogP contribution in [0.5, 0.6) is 0 Å². The molecular formula is C45H54. The van der Waals surface area contributed by atoms with Crippen LogP contribution in [0.15, 0.2) is 147 Å². The van der Waals surface area contributed by atoms with E-state index in [2.05, 4.69) is 119 Å². The fraction of sp³-hybridized carbons (Fsp3) is 0.200. The molecule has 0 heterocycles. The van der Waals surface area contributed by atoms with Crippen molar-refractivity contribution < 1.29 is 0 Å². The van der Waals surface area contributed by atoms with Crippen molar-refractivity contribution >= 4 is 39.1 Å². The van der Waals surface area contributed by atoms with Gasteiger partial charge in [0, 0.05) is 0 Å². The minimum atomic E-state index is 1.00. The predicted octanol–water partition coefficient (Wildman–Crippen LogP) is 14.3. The summed E-state index contributed by atoms with van der Waals surface area (Å²) in [6.07, 6.45) is 27.8. The van der Waals surface area contributed by atoms with Crippen LogP contribution in [0.3, 0.4) is 0 Å². The predicted molar refractivity (Wildman–Crippen MR) is 210 cm³/mol. The fourth-order valence-electron chi connectivity index (χ4n) is 5.05. The second-order valence-electron chi connectivity index (χ2n) is 9.58. The molecule has 0 radical (unpaired) electrons. The van der Waals surface area contributed by atoms with E-state index < -0.39 is 0 Å². The number of hydrogen-bond acceptors (Lipinski definition) is 0. The average Bonchev–Trinajstić information content (AvgIpc) is 3.41. The van der Waals surface area contributed by atoms with E-state index in [0.29, 0.717) is 0 Å². The van der Waals surface area contributed by atoms with Gasteiger partial charge in [0.05, 0.1) is 0 Å². The molecular weight excluding hydrogens is 540 g/mol. The van der Waals surface area contributed by atoms with E-state index in [4.69, 9.17) is 0 Å². The van der Waals surface area contributed by atoms with Gasteiger partial charge in [-0.2, -0.15) is 0 Å². The van der Waals surface area contributed by atoms with Crippen LogP contribution in [0.2, 0.25) is 0 Å². The summed E-state index contributed by atoms with van der Waals surface area (Å²) >= 11 is 0. The molecule has 4 rings (SSSR count). The van der Waals surface area contributed by atoms with Crippen molar-refractivity contribution in [2.24, 2.45) is 0 Å². The molecule has 0 aliphatic heterocycles. The summed E-state index contributed by atoms with van der Waals surface area (Å²) in [6.45, 7) is 28.2. The van der Waals surface area contributed by atoms with Crippen LogP contribution < -0.4 is 0 Å². The van der Waals surface area contributed by atoms with E-state index in [9.17, 15) is 0 Å². The van der Waals surface area contributed by atoms with E-state index in [0.717, 1.165) is 12.0 Å². The maximum absolute atomic E-state index is 4.32. The van der Waals surface area contributed by atoms with Gasteiger partial charge in [-0.05, 0) is 88.1 Å². The normalized spacial score (nSPS) is 14.0. The van der Waals surface area contributed by atoms with Crippen LogP contribution in [-0.2, 0) is 0 Å². The van der Waals surface area contributed by atoms with Gasteiger partial charge in [-0.25, -0.2) is 0 Å². The minimum Gasteiger partial charge on any atom is -0.0991 e. The zero-order chi connectivity index (χ0) is 33.6. The van der Waals surface area contributed by atoms with Gasteiger partial charge in [-0.3, -0.25) is 0 Å². The highest BCUT2D eigenvalue weighted by Crippen LogP contribution is 2.48. The SMILES string of the molecule is C=C/C=C(\C=C/C)c1ccccc1.C=C/C=C\C(=C)c1ccc2c3c(ccc(/C=C/CC)c13)C(=C/C=C/C)/C2=C\C.CC.CC. The van der Waals surface area contributed by atoms with Gasteiger partial charge in [0.2, 0.25) is 0 Å². The van der Waals surface area contributed by atoms with E-state index in [1.807, 2.05) is 83.2 Å². The van der Waals surface area contributed by atoms with E-state index >= 15 is 0 Å². The molecule has 0 spiro atoms. The molecule has 0 aromatic heterocycles. The Labute approximate surface area is 275 Å². The number of allylic oxidation sites excluding steroid dienone is 16. The van der Waals surface area contributed by atoms with E-state index in [-0.39, 0.29) is 0 Å². The smallest absolute Gasteiger partial charge is 0.00142 e. The molecule has 1 aliphatic rings. The van der Waals surface area contributed by atoms with Crippen molar-refractivity contribution in [2.75, 3.05) is 0 Å². The van der Waals surface area contributed by atoms with Crippen LogP contribution in [0, 0.1) is 0 Å². The van der Waals surface area contributed by atoms with Crippen LogP contribution >= 0.6 is 0 Å². The summed E-state index contributed by atoms with van der Waals surface area (Å²) in [5.41, 5.74) is 11.0. The molecule has 0 heteroatoms. The molecule has 3 aromatic carbocycles. The molecule has 0 amide bonds. The molecule has 0 nitrogen and oxygen atoms in total. The first-order valence-corrected chi connectivity index (χ1v) is 16.3. The number of rotatable bonds is 9. The fourth-order valence-corrected chi connectivity index (χ4v) is 5.05. The lowest BCUT2D eigenvalue weighted by Gasteiger charge is -2.12. The van der Waals surface area contributed by atoms with Crippen LogP contribution in [0.4, 0.5) is 0 Å². The molecule has 0 fully saturated rings. The second-order valence-corrected chi connectivity index (χ2v) is 9.58. The molecule has 0 saturated heterocycles. The molecule has 0 N–H and O–H groups in total. The zero-order valence-corrected chi connectivity index (χ0v) is 29.0. The third-order valence-electron chi connectivity index (χ3n) is 6.87. The summed E-state index contributed by atoms with van der Waals surface area (Å²) in [6, 6.07) is 19.2. The summed E-state index contributed by atoms with van der Waals surface area (Å²) < 4.78 is 0. The van der Waals surface area contributed by atoms with Gasteiger partial charge < -0.3 is 0 Å². The van der Waals surface area contributed by atoms with Gasteiger partial charge in [-0.15, -0.1) is 0 Å². The van der Waals surface area contributed by atoms with E-state index in [1.165, 1.54) is 55.3 Å². The van der Waals surface area contributed by atoms with Crippen LogP contribution in [-0.4, -0.2) is 0 Å². The lowest BCUT2D eigenvalue weighted by molar-refractivity contribution is 1.23. The summed E-state index contributed by atoms with van der Waals surface area (Å²) in [5, 5.41) is 2.61. The zero-order valence-electron chi connectivity index (χ0n) is 29.0. The largest absolute Gasteiger partial charge is 0.0991 e. The van der Waals surface area contributed by atoms with Crippen molar-refractivity contribution in [3.05, 3.63) is 175 Å². The highest BCUT2D eigenvalue weighted by atomic mass is 14.3. The highest BCUT2D eigenvalue weighted by molar-refractivity contribution is 6.24. The quantitative estimate of drug-likeness (QED) is 0.216. The van der Waals surface area contributed by atoms with Crippen molar-refractivity contribution in [2.45, 2.75) is 61.8 Å². The Balaban J connectivity index is 0.000000499. The topological polar surface area (TPSA) is 0 Å². The molecule has 45 heavy (non-hydrogen) atoms. The lowest BCUT2D eigenvalue weighted by atomic mass is 9.91. The first-order chi connectivity index (χ1) is 22.1. The van der Waals surface area contributed by atoms with Gasteiger partial charge >= 0.3 is 0 Å². The number of benzene rings is 3. The maximum atomic E-state index is 4.32. The molecule has 0 unspecified atom stereocenters. The Morgan fingerprint density at radius 1 is 0.711 bits per heavy atom. The monoisotopic (exact) mass is 594 g/mol. The Morgan fingerprint density at radius 2 is 1.38 bits per heavy atom. The third kappa shape index (κ3) is 10.2. The maximum Gasteiger partial charge on any atom is -0.00142 e. The van der Waals surface area contributed by atoms with Gasteiger partial charge in [0.25, 0.3) is 0 Å². The first-order valence-electron chi connectivity index (χ1n) is 16.3. The molecule has 1 aliphatic carbocycles. The van der Waals surface area contributed by atoms with Crippen molar-refractivity contribution in [1.82, 2.24) is 0 Å². The third-order valence-corrected chi connectivity index (χ3v) is 6.87. The van der Waals surface area contributed by atoms with Gasteiger partial charge in [0.1, 0.15) is 0 Å². The Kier molecular flexibility index (Phi) is 18.7. The highest BCUT2D eigenvalue weighted by Gasteiger charge is 2.25. The van der Waals surface area contributed by atoms with Gasteiger partial charge in [0.15, 0.2) is 0 Å². The summed E-state index contributed by atoms with van der Waals surface area (Å²) in [5.74, 6) is 0. The average molecular weight is 595 g/mol. The molecule has 234 valence electrons. The number of hydrogen-bond donors (Lipinski definition) is 0. The summed E-state index contributed by atoms with van der Waals surface area (Å²) in [7, 11) is 0. The molecule has 0 bridgehead atoms. The van der Waals surface area contributed by atoms with Crippen molar-refractivity contribution in [1.29, 1.82) is 0 Å². The minimum absolute atomic E-state index is 1.00. The Morgan fingerprint density at radius 3 is 1.96 bits per heavy atom. The Bertz CT molecular complexity index is 1610. The van der Waals surface area contributed by atoms with Crippen molar-refractivity contribution in [3.63, 3.8) is 0 Å². The standard InChI is InChI=1S/C28H28.C13H14.2C2H6/c1-6-10-13-20(5)23-18-19-25-22(9-4)24(15-12-8-3)26-17-16-21(14-11-7-2)27(23)28(25)26;1-3-8-12(9-4-2)13-10-6-5-7-11-13;2*1-2/h6,8-19H,1,5,7H2,2-4H3;3-11H,1H2,2H3;2*1-2H3/b12-8+,13-10-,14-11+,22-9+,24-15+;9-4-,12-8+;;. The van der Waals surface area contributed by atoms with Gasteiger partial charge in [-0.1, -0.05) is 188 Å². The molecule has 0 saturated carbocycles. The first kappa shape index (κ1) is 38.3. The van der Waals surface area contributed by atoms with E-state index in [1.54, 1.807) is 6.08 Å². The molecule has 0 atom stereocenters. The van der Waals surface area contributed by atoms with Crippen molar-refractivity contribution in [3.8, 4) is 0 Å². The lowest BCUT2D eigenvalue weighted by Crippen LogP contribution is -1.90. The molecule has 3 aromatic rings. The van der Waals surface area contributed by atoms with Crippen LogP contribution in [0.1, 0.15) is 89.6 Å². The Hall–Kier alpha value is -4.68. The van der Waals surface area contributed by atoms with Crippen LogP contribution in [0.25, 0.3) is 39.1 Å².